The van der Waals surface area contributed by atoms with Crippen molar-refractivity contribution >= 4 is 11.3 Å². The second-order valence-electron chi connectivity index (χ2n) is 3.59. The van der Waals surface area contributed by atoms with Crippen LogP contribution in [0.25, 0.3) is 0 Å². The van der Waals surface area contributed by atoms with E-state index in [1.807, 2.05) is 6.20 Å². The molecule has 0 saturated carbocycles. The van der Waals surface area contributed by atoms with Crippen LogP contribution in [0.1, 0.15) is 21.0 Å². The van der Waals surface area contributed by atoms with Gasteiger partial charge in [-0.25, -0.2) is 4.98 Å². The molecule has 0 unspecified atom stereocenters. The van der Waals surface area contributed by atoms with Crippen LogP contribution in [0, 0.1) is 6.92 Å². The van der Waals surface area contributed by atoms with Crippen molar-refractivity contribution in [1.82, 2.24) is 4.98 Å². The minimum atomic E-state index is 0.540. The van der Waals surface area contributed by atoms with Crippen LogP contribution in [-0.4, -0.2) is 4.98 Å². The summed E-state index contributed by atoms with van der Waals surface area (Å²) in [4.78, 5) is 5.53. The van der Waals surface area contributed by atoms with Gasteiger partial charge in [-0.3, -0.25) is 0 Å². The van der Waals surface area contributed by atoms with Gasteiger partial charge in [0.2, 0.25) is 0 Å². The van der Waals surface area contributed by atoms with Gasteiger partial charge in [-0.05, 0) is 12.5 Å². The molecule has 2 nitrogen and oxygen atoms in total. The van der Waals surface area contributed by atoms with Crippen molar-refractivity contribution in [2.45, 2.75) is 19.9 Å². The van der Waals surface area contributed by atoms with Crippen LogP contribution in [-0.2, 0) is 13.0 Å². The minimum absolute atomic E-state index is 0.540. The fourth-order valence-corrected chi connectivity index (χ4v) is 2.38. The first-order valence-electron chi connectivity index (χ1n) is 4.97. The third kappa shape index (κ3) is 2.64. The molecular weight excluding hydrogens is 204 g/mol. The Bertz CT molecular complexity index is 448. The number of aromatic nitrogens is 1. The Morgan fingerprint density at radius 2 is 2.27 bits per heavy atom. The molecule has 1 heterocycles. The normalized spacial score (nSPS) is 10.5. The Kier molecular flexibility index (Phi) is 3.14. The maximum absolute atomic E-state index is 5.53. The Labute approximate surface area is 93.8 Å². The number of hydrogen-bond donors (Lipinski definition) is 1. The smallest absolute Gasteiger partial charge is 0.106 e. The average Bonchev–Trinajstić information content (AvgIpc) is 2.65. The lowest BCUT2D eigenvalue weighted by Crippen LogP contribution is -1.93. The average molecular weight is 218 g/mol. The Balaban J connectivity index is 2.14. The zero-order chi connectivity index (χ0) is 10.7. The molecule has 78 valence electrons. The molecule has 0 radical (unpaired) electrons. The van der Waals surface area contributed by atoms with E-state index >= 15 is 0 Å². The van der Waals surface area contributed by atoms with Gasteiger partial charge in [0, 0.05) is 24.0 Å². The van der Waals surface area contributed by atoms with E-state index in [-0.39, 0.29) is 0 Å². The van der Waals surface area contributed by atoms with Crippen LogP contribution in [0.3, 0.4) is 0 Å². The van der Waals surface area contributed by atoms with E-state index in [0.717, 1.165) is 11.4 Å². The van der Waals surface area contributed by atoms with Crippen molar-refractivity contribution in [1.29, 1.82) is 0 Å². The summed E-state index contributed by atoms with van der Waals surface area (Å²) in [5.41, 5.74) is 8.17. The van der Waals surface area contributed by atoms with Crippen molar-refractivity contribution in [2.24, 2.45) is 5.73 Å². The summed E-state index contributed by atoms with van der Waals surface area (Å²) >= 11 is 1.70. The SMILES string of the molecule is Cc1cccc(Cc2cnc(CN)s2)c1. The molecule has 2 N–H and O–H groups in total. The van der Waals surface area contributed by atoms with E-state index in [9.17, 15) is 0 Å². The second kappa shape index (κ2) is 4.55. The summed E-state index contributed by atoms with van der Waals surface area (Å²) in [6, 6.07) is 8.56. The largest absolute Gasteiger partial charge is 0.325 e. The molecule has 0 saturated heterocycles. The van der Waals surface area contributed by atoms with E-state index < -0.39 is 0 Å². The third-order valence-corrected chi connectivity index (χ3v) is 3.26. The van der Waals surface area contributed by atoms with Crippen LogP contribution in [0.2, 0.25) is 0 Å². The van der Waals surface area contributed by atoms with Crippen LogP contribution in [0.5, 0.6) is 0 Å². The molecule has 3 heteroatoms. The number of benzene rings is 1. The van der Waals surface area contributed by atoms with Crippen molar-refractivity contribution in [3.8, 4) is 0 Å². The summed E-state index contributed by atoms with van der Waals surface area (Å²) in [5.74, 6) is 0. The lowest BCUT2D eigenvalue weighted by Gasteiger charge is -1.99. The lowest BCUT2D eigenvalue weighted by atomic mass is 10.1. The molecule has 0 aliphatic heterocycles. The molecule has 0 atom stereocenters. The molecule has 0 fully saturated rings. The van der Waals surface area contributed by atoms with E-state index in [1.54, 1.807) is 11.3 Å². The van der Waals surface area contributed by atoms with Gasteiger partial charge in [-0.1, -0.05) is 29.8 Å². The monoisotopic (exact) mass is 218 g/mol. The van der Waals surface area contributed by atoms with Crippen molar-refractivity contribution in [3.63, 3.8) is 0 Å². The van der Waals surface area contributed by atoms with Gasteiger partial charge < -0.3 is 5.73 Å². The Morgan fingerprint density at radius 1 is 1.40 bits per heavy atom. The third-order valence-electron chi connectivity index (χ3n) is 2.24. The maximum atomic E-state index is 5.53. The number of nitrogens with two attached hydrogens (primary N) is 1. The maximum Gasteiger partial charge on any atom is 0.106 e. The number of aryl methyl sites for hydroxylation is 1. The predicted octanol–water partition coefficient (Wildman–Crippen LogP) is 2.50. The summed E-state index contributed by atoms with van der Waals surface area (Å²) in [6.45, 7) is 2.65. The summed E-state index contributed by atoms with van der Waals surface area (Å²) in [7, 11) is 0. The van der Waals surface area contributed by atoms with Crippen LogP contribution < -0.4 is 5.73 Å². The number of thiazole rings is 1. The molecule has 0 aliphatic rings. The van der Waals surface area contributed by atoms with Crippen molar-refractivity contribution < 1.29 is 0 Å². The fraction of sp³-hybridized carbons (Fsp3) is 0.250. The summed E-state index contributed by atoms with van der Waals surface area (Å²) < 4.78 is 0. The van der Waals surface area contributed by atoms with Crippen molar-refractivity contribution in [2.75, 3.05) is 0 Å². The molecule has 15 heavy (non-hydrogen) atoms. The highest BCUT2D eigenvalue weighted by atomic mass is 32.1. The highest BCUT2D eigenvalue weighted by Gasteiger charge is 2.01. The number of hydrogen-bond acceptors (Lipinski definition) is 3. The highest BCUT2D eigenvalue weighted by Crippen LogP contribution is 2.17. The summed E-state index contributed by atoms with van der Waals surface area (Å²) in [6.07, 6.45) is 2.88. The number of nitrogens with zero attached hydrogens (tertiary/aromatic N) is 1. The highest BCUT2D eigenvalue weighted by molar-refractivity contribution is 7.11. The number of rotatable bonds is 3. The molecule has 2 rings (SSSR count). The van der Waals surface area contributed by atoms with Gasteiger partial charge >= 0.3 is 0 Å². The van der Waals surface area contributed by atoms with Gasteiger partial charge in [-0.2, -0.15) is 0 Å². The molecular formula is C12H14N2S. The molecule has 0 aliphatic carbocycles. The molecule has 1 aromatic heterocycles. The molecule has 0 bridgehead atoms. The van der Waals surface area contributed by atoms with E-state index in [2.05, 4.69) is 36.2 Å². The summed E-state index contributed by atoms with van der Waals surface area (Å²) in [5, 5.41) is 1.01. The van der Waals surface area contributed by atoms with Crippen LogP contribution in [0.4, 0.5) is 0 Å². The van der Waals surface area contributed by atoms with Gasteiger partial charge in [0.05, 0.1) is 0 Å². The Morgan fingerprint density at radius 3 is 2.93 bits per heavy atom. The zero-order valence-corrected chi connectivity index (χ0v) is 9.55. The fourth-order valence-electron chi connectivity index (χ4n) is 1.55. The van der Waals surface area contributed by atoms with Crippen LogP contribution in [0.15, 0.2) is 30.5 Å². The van der Waals surface area contributed by atoms with Gasteiger partial charge in [0.15, 0.2) is 0 Å². The zero-order valence-electron chi connectivity index (χ0n) is 8.73. The molecule has 0 amide bonds. The predicted molar refractivity (Wildman–Crippen MR) is 64.0 cm³/mol. The minimum Gasteiger partial charge on any atom is -0.325 e. The van der Waals surface area contributed by atoms with E-state index in [4.69, 9.17) is 5.73 Å². The lowest BCUT2D eigenvalue weighted by molar-refractivity contribution is 1.04. The van der Waals surface area contributed by atoms with Gasteiger partial charge in [0.25, 0.3) is 0 Å². The standard InChI is InChI=1S/C12H14N2S/c1-9-3-2-4-10(5-9)6-11-8-14-12(7-13)15-11/h2-5,8H,6-7,13H2,1H3. The first-order chi connectivity index (χ1) is 7.28. The first-order valence-corrected chi connectivity index (χ1v) is 5.79. The van der Waals surface area contributed by atoms with Crippen molar-refractivity contribution in [3.05, 3.63) is 51.5 Å². The van der Waals surface area contributed by atoms with Gasteiger partial charge in [-0.15, -0.1) is 11.3 Å². The molecule has 0 spiro atoms. The molecule has 2 aromatic rings. The van der Waals surface area contributed by atoms with Crippen LogP contribution >= 0.6 is 11.3 Å². The topological polar surface area (TPSA) is 38.9 Å². The quantitative estimate of drug-likeness (QED) is 0.859. The second-order valence-corrected chi connectivity index (χ2v) is 4.79. The van der Waals surface area contributed by atoms with E-state index in [1.165, 1.54) is 16.0 Å². The Hall–Kier alpha value is -1.19. The molecule has 1 aromatic carbocycles. The van der Waals surface area contributed by atoms with E-state index in [0.29, 0.717) is 6.54 Å². The first kappa shape index (κ1) is 10.3. The van der Waals surface area contributed by atoms with Gasteiger partial charge in [0.1, 0.15) is 5.01 Å².